The molecule has 346 valence electrons. The maximum atomic E-state index is 14.3. The highest BCUT2D eigenvalue weighted by Crippen LogP contribution is 2.36. The molecule has 0 radical (unpaired) electrons. The van der Waals surface area contributed by atoms with Gasteiger partial charge in [-0.1, -0.05) is 6.07 Å². The van der Waals surface area contributed by atoms with E-state index >= 15 is 0 Å². The Morgan fingerprint density at radius 2 is 1.80 bits per heavy atom. The maximum absolute atomic E-state index is 14.3. The van der Waals surface area contributed by atoms with E-state index in [-0.39, 0.29) is 47.7 Å². The molecule has 1 unspecified atom stereocenters. The number of alkyl halides is 2. The van der Waals surface area contributed by atoms with Crippen LogP contribution in [0.3, 0.4) is 0 Å². The van der Waals surface area contributed by atoms with Crippen LogP contribution in [-0.4, -0.2) is 129 Å². The number of amides is 3. The van der Waals surface area contributed by atoms with Gasteiger partial charge in [-0.15, -0.1) is 0 Å². The van der Waals surface area contributed by atoms with Gasteiger partial charge in [0, 0.05) is 71.7 Å². The third-order valence-electron chi connectivity index (χ3n) is 13.4. The highest BCUT2D eigenvalue weighted by Gasteiger charge is 2.32. The maximum Gasteiger partial charge on any atom is 0.284 e. The molecule has 3 aliphatic heterocycles. The van der Waals surface area contributed by atoms with Crippen LogP contribution in [0.25, 0.3) is 16.6 Å². The largest absolute Gasteiger partial charge is 0.378 e. The highest BCUT2D eigenvalue weighted by atomic mass is 19.3. The summed E-state index contributed by atoms with van der Waals surface area (Å²) in [4.78, 5) is 67.7. The number of rotatable bonds is 14. The Bertz CT molecular complexity index is 2590. The number of ether oxygens (including phenoxy) is 2. The molecule has 1 aromatic carbocycles. The number of hydrogen-bond acceptors (Lipinski definition) is 13. The zero-order chi connectivity index (χ0) is 45.2. The lowest BCUT2D eigenvalue weighted by molar-refractivity contribution is -0.135. The molecule has 4 aliphatic rings. The molecule has 18 nitrogen and oxygen atoms in total. The normalized spacial score (nSPS) is 21.4. The predicted molar refractivity (Wildman–Crippen MR) is 238 cm³/mol. The second kappa shape index (κ2) is 19.3. The number of fused-ring (bicyclic) bond motifs is 2. The SMILES string of the molecule is Cc1nc2cccc(N(C)CCCOC3CCN(C[C@H]4CC[C@H](n5cc(NC(=O)c6cnn7ccc(N8CCOCC8)nc67)c(C(F)F)n5)CC4)CC3)c2c(=O)n1C1CCC(=O)NC1=O. The Hall–Kier alpha value is -5.86. The quantitative estimate of drug-likeness (QED) is 0.116. The molecule has 20 heteroatoms. The molecule has 7 heterocycles. The van der Waals surface area contributed by atoms with Crippen molar-refractivity contribution in [2.75, 3.05) is 81.3 Å². The zero-order valence-electron chi connectivity index (χ0n) is 36.8. The number of benzene rings is 1. The molecule has 1 atom stereocenters. The summed E-state index contributed by atoms with van der Waals surface area (Å²) < 4.78 is 44.9. The van der Waals surface area contributed by atoms with Crippen LogP contribution in [0.2, 0.25) is 0 Å². The van der Waals surface area contributed by atoms with Gasteiger partial charge in [0.05, 0.1) is 53.8 Å². The van der Waals surface area contributed by atoms with E-state index in [4.69, 9.17) is 9.47 Å². The third-order valence-corrected chi connectivity index (χ3v) is 13.4. The molecule has 2 N–H and O–H groups in total. The van der Waals surface area contributed by atoms with Crippen LogP contribution >= 0.6 is 0 Å². The average molecular weight is 899 g/mol. The number of halogens is 2. The molecule has 3 amide bonds. The molecule has 5 aromatic rings. The number of likely N-dealkylation sites (tertiary alicyclic amines) is 1. The smallest absolute Gasteiger partial charge is 0.284 e. The van der Waals surface area contributed by atoms with Crippen LogP contribution < -0.4 is 26.0 Å². The molecule has 4 aromatic heterocycles. The van der Waals surface area contributed by atoms with Crippen LogP contribution in [0.1, 0.15) is 98.2 Å². The van der Waals surface area contributed by atoms with Crippen LogP contribution in [-0.2, 0) is 19.1 Å². The van der Waals surface area contributed by atoms with E-state index in [1.165, 1.54) is 21.5 Å². The van der Waals surface area contributed by atoms with Crippen LogP contribution in [0.4, 0.5) is 26.0 Å². The fraction of sp³-hybridized carbons (Fsp3) is 0.556. The second-order valence-electron chi connectivity index (χ2n) is 17.7. The van der Waals surface area contributed by atoms with Gasteiger partial charge in [0.15, 0.2) is 11.3 Å². The van der Waals surface area contributed by atoms with Gasteiger partial charge in [0.1, 0.15) is 23.2 Å². The average Bonchev–Trinajstić information content (AvgIpc) is 3.94. The fourth-order valence-electron chi connectivity index (χ4n) is 9.87. The summed E-state index contributed by atoms with van der Waals surface area (Å²) in [5, 5.41) is 14.0. The Labute approximate surface area is 374 Å². The minimum Gasteiger partial charge on any atom is -0.378 e. The summed E-state index contributed by atoms with van der Waals surface area (Å²) in [6, 6.07) is 6.57. The van der Waals surface area contributed by atoms with E-state index in [1.54, 1.807) is 23.9 Å². The molecular formula is C45H56F2N12O6. The number of carbonyl (C=O) groups is 3. The summed E-state index contributed by atoms with van der Waals surface area (Å²) in [6.07, 6.45) is 8.57. The van der Waals surface area contributed by atoms with E-state index in [1.807, 2.05) is 30.1 Å². The van der Waals surface area contributed by atoms with E-state index < -0.39 is 30.0 Å². The molecule has 9 rings (SSSR count). The Morgan fingerprint density at radius 3 is 2.55 bits per heavy atom. The van der Waals surface area contributed by atoms with Gasteiger partial charge in [-0.2, -0.15) is 10.2 Å². The number of imide groups is 1. The third kappa shape index (κ3) is 9.60. The minimum atomic E-state index is -2.86. The van der Waals surface area contributed by atoms with E-state index in [2.05, 4.69) is 40.6 Å². The molecule has 3 saturated heterocycles. The van der Waals surface area contributed by atoms with Gasteiger partial charge in [0.25, 0.3) is 17.9 Å². The fourth-order valence-corrected chi connectivity index (χ4v) is 9.87. The lowest BCUT2D eigenvalue weighted by atomic mass is 9.85. The summed E-state index contributed by atoms with van der Waals surface area (Å²) >= 11 is 0. The summed E-state index contributed by atoms with van der Waals surface area (Å²) in [5.74, 6) is 0.222. The number of hydrogen-bond donors (Lipinski definition) is 2. The van der Waals surface area contributed by atoms with Gasteiger partial charge < -0.3 is 29.5 Å². The van der Waals surface area contributed by atoms with Crippen molar-refractivity contribution < 1.29 is 32.6 Å². The van der Waals surface area contributed by atoms with E-state index in [0.29, 0.717) is 73.6 Å². The number of anilines is 3. The van der Waals surface area contributed by atoms with Gasteiger partial charge in [-0.25, -0.2) is 23.3 Å². The lowest BCUT2D eigenvalue weighted by Crippen LogP contribution is -2.45. The summed E-state index contributed by atoms with van der Waals surface area (Å²) in [6.45, 7) is 8.34. The van der Waals surface area contributed by atoms with Crippen LogP contribution in [0.5, 0.6) is 0 Å². The van der Waals surface area contributed by atoms with Crippen molar-refractivity contribution in [3.8, 4) is 0 Å². The van der Waals surface area contributed by atoms with Crippen molar-refractivity contribution in [2.45, 2.75) is 89.3 Å². The molecule has 65 heavy (non-hydrogen) atoms. The zero-order valence-corrected chi connectivity index (χ0v) is 36.8. The molecular weight excluding hydrogens is 843 g/mol. The topological polar surface area (TPSA) is 186 Å². The first-order valence-corrected chi connectivity index (χ1v) is 22.8. The standard InChI is InChI=1S/C45H56F2N12O6/c1-28-49-33-5-3-6-35(39(33)45(63)59(28)36-11-12-38(60)52-44(36)62)54(2)16-4-22-65-31-13-17-55(18-14-31)26-29-7-9-30(10-8-29)58-27-34(40(53-58)41(46)47)50-43(61)32-25-48-57-19-15-37(51-42(32)57)56-20-23-64-24-21-56/h3,5-6,15,19,25,27,29-31,36,41H,4,7-14,16-18,20-24,26H2,1-2H3,(H,50,61)(H,52,60,62)/t29-,30-,36?. The van der Waals surface area contributed by atoms with Crippen LogP contribution in [0, 0.1) is 12.8 Å². The first kappa shape index (κ1) is 44.3. The van der Waals surface area contributed by atoms with E-state index in [0.717, 1.165) is 70.3 Å². The van der Waals surface area contributed by atoms with Gasteiger partial charge in [-0.05, 0) is 82.4 Å². The Morgan fingerprint density at radius 1 is 1.02 bits per heavy atom. The van der Waals surface area contributed by atoms with Crippen molar-refractivity contribution in [1.82, 2.24) is 44.1 Å². The summed E-state index contributed by atoms with van der Waals surface area (Å²) in [5.41, 5.74) is 1.06. The van der Waals surface area contributed by atoms with Crippen molar-refractivity contribution in [2.24, 2.45) is 5.92 Å². The van der Waals surface area contributed by atoms with Crippen molar-refractivity contribution in [3.05, 3.63) is 70.3 Å². The highest BCUT2D eigenvalue weighted by molar-refractivity contribution is 6.08. The van der Waals surface area contributed by atoms with Crippen molar-refractivity contribution in [1.29, 1.82) is 0 Å². The number of morpholine rings is 1. The van der Waals surface area contributed by atoms with Gasteiger partial charge in [-0.3, -0.25) is 33.7 Å². The second-order valence-corrected chi connectivity index (χ2v) is 17.7. The van der Waals surface area contributed by atoms with E-state index in [9.17, 15) is 28.0 Å². The summed E-state index contributed by atoms with van der Waals surface area (Å²) in [7, 11) is 1.94. The Kier molecular flexibility index (Phi) is 13.2. The number of carbonyl (C=O) groups excluding carboxylic acids is 3. The van der Waals surface area contributed by atoms with Gasteiger partial charge in [0.2, 0.25) is 11.8 Å². The molecule has 0 bridgehead atoms. The first-order chi connectivity index (χ1) is 31.5. The minimum absolute atomic E-state index is 0.00972. The molecule has 1 saturated carbocycles. The Balaban J connectivity index is 0.724. The van der Waals surface area contributed by atoms with Crippen LogP contribution in [0.15, 0.2) is 47.7 Å². The van der Waals surface area contributed by atoms with Crippen molar-refractivity contribution in [3.63, 3.8) is 0 Å². The first-order valence-electron chi connectivity index (χ1n) is 22.8. The number of nitrogens with zero attached hydrogens (tertiary/aromatic N) is 10. The number of aromatic nitrogens is 7. The lowest BCUT2D eigenvalue weighted by Gasteiger charge is -2.36. The monoisotopic (exact) mass is 898 g/mol. The number of aryl methyl sites for hydroxylation is 1. The van der Waals surface area contributed by atoms with Crippen molar-refractivity contribution >= 4 is 51.5 Å². The predicted octanol–water partition coefficient (Wildman–Crippen LogP) is 4.69. The molecule has 4 fully saturated rings. The molecule has 0 spiro atoms. The number of piperidine rings is 2. The molecule has 1 aliphatic carbocycles. The van der Waals surface area contributed by atoms with Gasteiger partial charge >= 0.3 is 0 Å². The number of nitrogens with one attached hydrogen (secondary N) is 2.